The highest BCUT2D eigenvalue weighted by Crippen LogP contribution is 2.42. The highest BCUT2D eigenvalue weighted by Gasteiger charge is 2.22. The van der Waals surface area contributed by atoms with Gasteiger partial charge in [0, 0.05) is 19.9 Å². The van der Waals surface area contributed by atoms with Gasteiger partial charge in [-0.05, 0) is 65.3 Å². The lowest BCUT2D eigenvalue weighted by Gasteiger charge is -2.17. The first kappa shape index (κ1) is 26.9. The van der Waals surface area contributed by atoms with Crippen molar-refractivity contribution in [1.29, 1.82) is 0 Å². The Kier molecular flexibility index (Phi) is 7.48. The largest absolute Gasteiger partial charge is 0.493 e. The maximum Gasteiger partial charge on any atom is 0.344 e. The van der Waals surface area contributed by atoms with Crippen LogP contribution in [-0.2, 0) is 4.79 Å². The van der Waals surface area contributed by atoms with Gasteiger partial charge in [-0.2, -0.15) is 9.78 Å². The Bertz CT molecular complexity index is 1850. The minimum Gasteiger partial charge on any atom is -0.493 e. The number of hydrogen-bond acceptors (Lipinski definition) is 7. The third kappa shape index (κ3) is 5.17. The number of ether oxygens (including phenoxy) is 2. The van der Waals surface area contributed by atoms with Gasteiger partial charge < -0.3 is 19.0 Å². The molecule has 0 fully saturated rings. The molecule has 5 aromatic rings. The lowest BCUT2D eigenvalue weighted by molar-refractivity contribution is -0.144. The van der Waals surface area contributed by atoms with E-state index in [0.29, 0.717) is 32.3 Å². The Morgan fingerprint density at radius 1 is 1.21 bits per heavy atom. The van der Waals surface area contributed by atoms with Crippen LogP contribution in [0.4, 0.5) is 0 Å². The highest BCUT2D eigenvalue weighted by molar-refractivity contribution is 9.10. The molecule has 0 aliphatic carbocycles. The van der Waals surface area contributed by atoms with E-state index in [-0.39, 0.29) is 22.3 Å². The van der Waals surface area contributed by atoms with Gasteiger partial charge in [0.15, 0.2) is 23.4 Å². The average Bonchev–Trinajstić information content (AvgIpc) is 3.34. The second-order valence-electron chi connectivity index (χ2n) is 8.33. The number of aliphatic carboxylic acids is 1. The Morgan fingerprint density at radius 3 is 2.72 bits per heavy atom. The van der Waals surface area contributed by atoms with E-state index in [2.05, 4.69) is 41.9 Å². The Labute approximate surface area is 242 Å². The van der Waals surface area contributed by atoms with Crippen molar-refractivity contribution < 1.29 is 23.8 Å². The number of carboxylic acids is 1. The van der Waals surface area contributed by atoms with Gasteiger partial charge in [0.1, 0.15) is 10.6 Å². The minimum atomic E-state index is -1.17. The predicted molar refractivity (Wildman–Crippen MR) is 155 cm³/mol. The van der Waals surface area contributed by atoms with E-state index in [1.54, 1.807) is 36.4 Å². The molecule has 198 valence electrons. The average molecular weight is 676 g/mol. The summed E-state index contributed by atoms with van der Waals surface area (Å²) in [4.78, 5) is 29.5. The molecule has 2 heterocycles. The summed E-state index contributed by atoms with van der Waals surface area (Å²) in [6.45, 7) is 1.37. The molecular weight excluding hydrogens is 658 g/mol. The SMILES string of the molecule is COc1cc(C=Nn2c(-c3cc4cc(Br)ccc4o3)nc3ccccc3c2=O)c(Br)c(Cl)c1O[C@H](C)C(=O)O. The lowest BCUT2D eigenvalue weighted by atomic mass is 10.2. The normalized spacial score (nSPS) is 12.3. The monoisotopic (exact) mass is 673 g/mol. The number of para-hydroxylation sites is 1. The van der Waals surface area contributed by atoms with Crippen LogP contribution in [0, 0.1) is 0 Å². The summed E-state index contributed by atoms with van der Waals surface area (Å²) in [5.41, 5.74) is 1.15. The maximum atomic E-state index is 13.5. The maximum absolute atomic E-state index is 13.5. The third-order valence-electron chi connectivity index (χ3n) is 5.78. The molecule has 2 aromatic heterocycles. The van der Waals surface area contributed by atoms with Crippen molar-refractivity contribution >= 4 is 77.5 Å². The van der Waals surface area contributed by atoms with E-state index in [4.69, 9.17) is 25.5 Å². The number of fused-ring (bicyclic) bond motifs is 2. The zero-order chi connectivity index (χ0) is 27.8. The molecule has 0 amide bonds. The van der Waals surface area contributed by atoms with Crippen LogP contribution in [0.15, 0.2) is 77.9 Å². The number of carbonyl (C=O) groups is 1. The number of rotatable bonds is 7. The lowest BCUT2D eigenvalue weighted by Crippen LogP contribution is -2.23. The molecule has 1 N–H and O–H groups in total. The number of hydrogen-bond donors (Lipinski definition) is 1. The molecule has 0 bridgehead atoms. The van der Waals surface area contributed by atoms with Crippen LogP contribution in [0.1, 0.15) is 12.5 Å². The van der Waals surface area contributed by atoms with Gasteiger partial charge in [-0.25, -0.2) is 9.78 Å². The van der Waals surface area contributed by atoms with Crippen molar-refractivity contribution in [2.45, 2.75) is 13.0 Å². The van der Waals surface area contributed by atoms with Gasteiger partial charge in [-0.1, -0.05) is 39.7 Å². The minimum absolute atomic E-state index is 0.0526. The van der Waals surface area contributed by atoms with Crippen molar-refractivity contribution in [3.05, 3.63) is 84.5 Å². The van der Waals surface area contributed by atoms with E-state index in [1.807, 2.05) is 18.2 Å². The Hall–Kier alpha value is -3.67. The van der Waals surface area contributed by atoms with Crippen molar-refractivity contribution in [2.24, 2.45) is 5.10 Å². The molecule has 0 saturated carbocycles. The summed E-state index contributed by atoms with van der Waals surface area (Å²) in [6, 6.07) is 15.9. The molecule has 0 unspecified atom stereocenters. The summed E-state index contributed by atoms with van der Waals surface area (Å²) < 4.78 is 19.3. The van der Waals surface area contributed by atoms with Crippen molar-refractivity contribution in [3.8, 4) is 23.1 Å². The molecule has 0 saturated heterocycles. The summed E-state index contributed by atoms with van der Waals surface area (Å²) in [5, 5.41) is 15.0. The van der Waals surface area contributed by atoms with E-state index < -0.39 is 17.6 Å². The van der Waals surface area contributed by atoms with Crippen LogP contribution in [0.2, 0.25) is 5.02 Å². The highest BCUT2D eigenvalue weighted by atomic mass is 79.9. The van der Waals surface area contributed by atoms with Crippen molar-refractivity contribution in [3.63, 3.8) is 0 Å². The summed E-state index contributed by atoms with van der Waals surface area (Å²) in [6.07, 6.45) is 0.237. The number of furan rings is 1. The summed E-state index contributed by atoms with van der Waals surface area (Å²) >= 11 is 13.4. The second kappa shape index (κ2) is 10.8. The molecule has 0 spiro atoms. The smallest absolute Gasteiger partial charge is 0.344 e. The second-order valence-corrected chi connectivity index (χ2v) is 10.4. The van der Waals surface area contributed by atoms with Gasteiger partial charge in [0.05, 0.1) is 24.2 Å². The van der Waals surface area contributed by atoms with Crippen molar-refractivity contribution in [2.75, 3.05) is 7.11 Å². The molecule has 12 heteroatoms. The van der Waals surface area contributed by atoms with Gasteiger partial charge in [0.25, 0.3) is 5.56 Å². The van der Waals surface area contributed by atoms with Crippen LogP contribution in [-0.4, -0.2) is 40.2 Å². The molecular formula is C27H18Br2ClN3O6. The van der Waals surface area contributed by atoms with Crippen LogP contribution in [0.3, 0.4) is 0 Å². The van der Waals surface area contributed by atoms with Gasteiger partial charge in [0.2, 0.25) is 5.82 Å². The van der Waals surface area contributed by atoms with Gasteiger partial charge in [-0.3, -0.25) is 4.79 Å². The number of nitrogens with zero attached hydrogens (tertiary/aromatic N) is 3. The fourth-order valence-corrected chi connectivity index (χ4v) is 4.84. The number of aromatic nitrogens is 2. The first-order valence-electron chi connectivity index (χ1n) is 11.4. The predicted octanol–water partition coefficient (Wildman–Crippen LogP) is 6.73. The fraction of sp³-hybridized carbons (Fsp3) is 0.111. The standard InChI is InChI=1S/C27H18Br2ClN3O6/c1-13(27(35)36)38-24-20(37-2)11-15(22(29)23(24)30)12-31-33-25(32-18-6-4-3-5-17(18)26(33)34)21-10-14-9-16(28)7-8-19(14)39-21/h3-13H,1-2H3,(H,35,36)/t13-/m1/s1. The van der Waals surface area contributed by atoms with Crippen LogP contribution >= 0.6 is 43.5 Å². The zero-order valence-electron chi connectivity index (χ0n) is 20.3. The van der Waals surface area contributed by atoms with Crippen LogP contribution in [0.5, 0.6) is 11.5 Å². The number of methoxy groups -OCH3 is 1. The van der Waals surface area contributed by atoms with Gasteiger partial charge in [-0.15, -0.1) is 0 Å². The molecule has 5 rings (SSSR count). The third-order valence-corrected chi connectivity index (χ3v) is 7.72. The molecule has 0 aliphatic heterocycles. The Balaban J connectivity index is 1.66. The molecule has 9 nitrogen and oxygen atoms in total. The number of carboxylic acid groups (broad SMARTS) is 1. The first-order chi connectivity index (χ1) is 18.7. The Morgan fingerprint density at radius 2 is 1.97 bits per heavy atom. The van der Waals surface area contributed by atoms with E-state index >= 15 is 0 Å². The molecule has 1 atom stereocenters. The van der Waals surface area contributed by atoms with E-state index in [0.717, 1.165) is 14.5 Å². The van der Waals surface area contributed by atoms with Crippen molar-refractivity contribution in [1.82, 2.24) is 9.66 Å². The molecule has 0 aliphatic rings. The summed E-state index contributed by atoms with van der Waals surface area (Å²) in [7, 11) is 1.40. The first-order valence-corrected chi connectivity index (χ1v) is 13.4. The van der Waals surface area contributed by atoms with E-state index in [1.165, 1.54) is 20.2 Å². The quantitative estimate of drug-likeness (QED) is 0.190. The molecule has 3 aromatic carbocycles. The van der Waals surface area contributed by atoms with E-state index in [9.17, 15) is 14.7 Å². The van der Waals surface area contributed by atoms with Crippen LogP contribution in [0.25, 0.3) is 33.5 Å². The molecule has 39 heavy (non-hydrogen) atoms. The molecule has 0 radical (unpaired) electrons. The van der Waals surface area contributed by atoms with Gasteiger partial charge >= 0.3 is 5.97 Å². The number of benzene rings is 3. The fourth-order valence-electron chi connectivity index (χ4n) is 3.82. The number of halogens is 3. The van der Waals surface area contributed by atoms with Crippen LogP contribution < -0.4 is 15.0 Å². The summed E-state index contributed by atoms with van der Waals surface area (Å²) in [5.74, 6) is -0.374. The topological polar surface area (TPSA) is 116 Å². The zero-order valence-corrected chi connectivity index (χ0v) is 24.2.